The second-order valence-corrected chi connectivity index (χ2v) is 17.3. The van der Waals surface area contributed by atoms with E-state index in [1.54, 1.807) is 35.3 Å². The number of thioether (sulfide) groups is 4. The van der Waals surface area contributed by atoms with Gasteiger partial charge in [0.15, 0.2) is 0 Å². The Bertz CT molecular complexity index is 2380. The van der Waals surface area contributed by atoms with Crippen molar-refractivity contribution in [2.75, 3.05) is 24.5 Å². The van der Waals surface area contributed by atoms with Crippen molar-refractivity contribution in [3.63, 3.8) is 0 Å². The second kappa shape index (κ2) is 29.8. The molecule has 7 aromatic carbocycles. The van der Waals surface area contributed by atoms with Gasteiger partial charge < -0.3 is 0 Å². The number of benzene rings is 7. The molecule has 0 atom stereocenters. The number of aryl methyl sites for hydroxylation is 1. The van der Waals surface area contributed by atoms with Gasteiger partial charge >= 0.3 is 0 Å². The van der Waals surface area contributed by atoms with Gasteiger partial charge in [0.2, 0.25) is 0 Å². The fraction of sp³-hybridized carbons (Fsp3) is 0.103. The van der Waals surface area contributed by atoms with Gasteiger partial charge in [0.1, 0.15) is 0 Å². The van der Waals surface area contributed by atoms with Crippen molar-refractivity contribution < 1.29 is 0 Å². The van der Waals surface area contributed by atoms with Crippen molar-refractivity contribution in [3.05, 3.63) is 236 Å². The van der Waals surface area contributed by atoms with E-state index >= 15 is 0 Å². The van der Waals surface area contributed by atoms with E-state index in [0.29, 0.717) is 0 Å². The molecule has 316 valence electrons. The summed E-state index contributed by atoms with van der Waals surface area (Å²) in [5.41, 5.74) is 12.2. The Morgan fingerprint density at radius 2 is 0.839 bits per heavy atom. The Kier molecular flexibility index (Phi) is 24.5. The van der Waals surface area contributed by atoms with Crippen LogP contribution in [0.2, 0.25) is 0 Å². The van der Waals surface area contributed by atoms with Crippen LogP contribution in [0.4, 0.5) is 0 Å². The van der Waals surface area contributed by atoms with Crippen molar-refractivity contribution in [1.82, 2.24) is 0 Å². The lowest BCUT2D eigenvalue weighted by Crippen LogP contribution is -1.83. The first-order valence-electron chi connectivity index (χ1n) is 20.3. The van der Waals surface area contributed by atoms with E-state index in [4.69, 9.17) is 0 Å². The molecule has 0 nitrogen and oxygen atoms in total. The minimum atomic E-state index is 1.13. The van der Waals surface area contributed by atoms with Crippen LogP contribution >= 0.6 is 47.0 Å². The summed E-state index contributed by atoms with van der Waals surface area (Å²) in [5.74, 6) is 1.13. The lowest BCUT2D eigenvalue weighted by atomic mass is 10.0. The summed E-state index contributed by atoms with van der Waals surface area (Å²) in [6, 6.07) is 58.8. The van der Waals surface area contributed by atoms with Crippen LogP contribution in [-0.4, -0.2) is 24.5 Å². The van der Waals surface area contributed by atoms with Gasteiger partial charge in [-0.25, -0.2) is 0 Å². The Morgan fingerprint density at radius 1 is 0.403 bits per heavy atom. The fourth-order valence-electron chi connectivity index (χ4n) is 5.75. The van der Waals surface area contributed by atoms with E-state index < -0.39 is 0 Å². The number of rotatable bonds is 12. The van der Waals surface area contributed by atoms with Crippen molar-refractivity contribution in [2.45, 2.75) is 33.4 Å². The molecule has 0 unspecified atom stereocenters. The van der Waals surface area contributed by atoms with E-state index in [9.17, 15) is 0 Å². The molecule has 0 saturated heterocycles. The Balaban J connectivity index is 0.000000209. The lowest BCUT2D eigenvalue weighted by molar-refractivity contribution is 1.35. The highest BCUT2D eigenvalue weighted by Gasteiger charge is 2.04. The molecule has 0 N–H and O–H groups in total. The molecule has 7 aromatic rings. The molecule has 0 bridgehead atoms. The monoisotopic (exact) mass is 884 g/mol. The predicted octanol–water partition coefficient (Wildman–Crippen LogP) is 18.6. The Labute approximate surface area is 391 Å². The molecule has 0 saturated carbocycles. The third-order valence-corrected chi connectivity index (χ3v) is 12.4. The molecule has 0 aromatic heterocycles. The zero-order valence-electron chi connectivity index (χ0n) is 36.9. The quantitative estimate of drug-likeness (QED) is 0.112. The highest BCUT2D eigenvalue weighted by atomic mass is 32.2. The van der Waals surface area contributed by atoms with Crippen LogP contribution in [0.5, 0.6) is 0 Å². The number of hydrogen-bond acceptors (Lipinski definition) is 4. The van der Waals surface area contributed by atoms with E-state index in [1.165, 1.54) is 64.1 Å². The minimum absolute atomic E-state index is 1.13. The Morgan fingerprint density at radius 3 is 1.27 bits per heavy atom. The molecule has 0 radical (unpaired) electrons. The van der Waals surface area contributed by atoms with E-state index in [2.05, 4.69) is 223 Å². The standard InChI is InChI=1S/C15H14S.C14H12.2C10H12S.C9H10S/c1-3-12-9-10-15(16-2)14(11-12)13-7-5-4-6-8-13;1-2-12-8-10-14(11-9-12)13-6-4-3-5-7-13;1-4-9-5-6-10(11-3)7-8(9)2;1-3-9-5-7-10(8-6-9)11-4-2;1-3-8-4-6-9(10-2)7-5-8/h3-11H,1H2,2H3;2-11H,1H2;4-7H,1H2,2-3H3;3,5-8H,1,4H2,2H3;3-7H,1H2,2H3. The maximum atomic E-state index is 3.81. The summed E-state index contributed by atoms with van der Waals surface area (Å²) in [7, 11) is 0. The van der Waals surface area contributed by atoms with Crippen LogP contribution in [-0.2, 0) is 0 Å². The molecule has 4 heteroatoms. The first-order chi connectivity index (χ1) is 30.2. The van der Waals surface area contributed by atoms with E-state index in [0.717, 1.165) is 16.9 Å². The molecule has 0 heterocycles. The van der Waals surface area contributed by atoms with Crippen LogP contribution in [0.1, 0.15) is 40.3 Å². The van der Waals surface area contributed by atoms with Gasteiger partial charge in [-0.2, -0.15) is 0 Å². The smallest absolute Gasteiger partial charge is 0.0148 e. The SMILES string of the molecule is C=Cc1ccc(-c2ccccc2)cc1.C=Cc1ccc(SC)c(-c2ccccc2)c1.C=Cc1ccc(SC)cc1.C=Cc1ccc(SC)cc1C.C=Cc1ccc(SCC)cc1. The van der Waals surface area contributed by atoms with Gasteiger partial charge in [-0.15, -0.1) is 47.0 Å². The van der Waals surface area contributed by atoms with Crippen LogP contribution in [0.3, 0.4) is 0 Å². The minimum Gasteiger partial charge on any atom is -0.130 e. The van der Waals surface area contributed by atoms with Gasteiger partial charge in [0, 0.05) is 19.6 Å². The maximum Gasteiger partial charge on any atom is 0.0148 e. The van der Waals surface area contributed by atoms with Crippen LogP contribution in [0.15, 0.2) is 222 Å². The van der Waals surface area contributed by atoms with Gasteiger partial charge in [-0.3, -0.25) is 0 Å². The topological polar surface area (TPSA) is 0 Å². The molecule has 7 rings (SSSR count). The molecule has 0 aliphatic rings. The van der Waals surface area contributed by atoms with Gasteiger partial charge in [-0.1, -0.05) is 192 Å². The summed E-state index contributed by atoms with van der Waals surface area (Å²) in [6.45, 7) is 22.9. The third kappa shape index (κ3) is 17.9. The molecule has 62 heavy (non-hydrogen) atoms. The second-order valence-electron chi connectivity index (χ2n) is 13.3. The van der Waals surface area contributed by atoms with Crippen LogP contribution < -0.4 is 0 Å². The Hall–Kier alpha value is -5.36. The average Bonchev–Trinajstić information content (AvgIpc) is 3.35. The van der Waals surface area contributed by atoms with Crippen molar-refractivity contribution in [1.29, 1.82) is 0 Å². The predicted molar refractivity (Wildman–Crippen MR) is 290 cm³/mol. The van der Waals surface area contributed by atoms with Crippen LogP contribution in [0.25, 0.3) is 52.6 Å². The summed E-state index contributed by atoms with van der Waals surface area (Å²) < 4.78 is 0. The zero-order valence-corrected chi connectivity index (χ0v) is 40.2. The normalized spacial score (nSPS) is 9.69. The molecular formula is C58H60S4. The zero-order chi connectivity index (χ0) is 45.0. The maximum absolute atomic E-state index is 3.81. The molecule has 0 amide bonds. The van der Waals surface area contributed by atoms with E-state index in [1.807, 2.05) is 54.3 Å². The molecule has 0 fully saturated rings. The molecule has 0 aliphatic carbocycles. The third-order valence-electron chi connectivity index (χ3n) is 9.27. The first-order valence-corrected chi connectivity index (χ1v) is 24.9. The van der Waals surface area contributed by atoms with Crippen molar-refractivity contribution >= 4 is 77.4 Å². The highest BCUT2D eigenvalue weighted by molar-refractivity contribution is 7.99. The summed E-state index contributed by atoms with van der Waals surface area (Å²) >= 11 is 7.16. The van der Waals surface area contributed by atoms with E-state index in [-0.39, 0.29) is 0 Å². The largest absolute Gasteiger partial charge is 0.130 e. The first kappa shape index (κ1) is 51.0. The average molecular weight is 885 g/mol. The summed E-state index contributed by atoms with van der Waals surface area (Å²) in [5, 5.41) is 0. The molecule has 0 aliphatic heterocycles. The summed E-state index contributed by atoms with van der Waals surface area (Å²) in [4.78, 5) is 5.24. The van der Waals surface area contributed by atoms with Gasteiger partial charge in [-0.05, 0) is 136 Å². The van der Waals surface area contributed by atoms with Crippen molar-refractivity contribution in [3.8, 4) is 22.3 Å². The fourth-order valence-corrected chi connectivity index (χ4v) is 7.92. The lowest BCUT2D eigenvalue weighted by Gasteiger charge is -2.08. The summed E-state index contributed by atoms with van der Waals surface area (Å²) in [6.07, 6.45) is 15.6. The molecule has 0 spiro atoms. The van der Waals surface area contributed by atoms with Crippen LogP contribution in [0, 0.1) is 6.92 Å². The van der Waals surface area contributed by atoms with Gasteiger partial charge in [0.05, 0.1) is 0 Å². The number of hydrogen-bond donors (Lipinski definition) is 0. The van der Waals surface area contributed by atoms with Crippen molar-refractivity contribution in [2.24, 2.45) is 0 Å². The van der Waals surface area contributed by atoms with Gasteiger partial charge in [0.25, 0.3) is 0 Å². The molecular weight excluding hydrogens is 825 g/mol. The highest BCUT2D eigenvalue weighted by Crippen LogP contribution is 2.31.